The van der Waals surface area contributed by atoms with Crippen molar-refractivity contribution in [2.45, 2.75) is 12.8 Å². The maximum atomic E-state index is 12.3. The number of ether oxygens (including phenoxy) is 2. The van der Waals surface area contributed by atoms with Gasteiger partial charge in [0.15, 0.2) is 11.5 Å². The smallest absolute Gasteiger partial charge is 0.337 e. The Hall–Kier alpha value is -3.53. The molecule has 10 heteroatoms. The van der Waals surface area contributed by atoms with Crippen LogP contribution in [-0.4, -0.2) is 65.1 Å². The van der Waals surface area contributed by atoms with Crippen molar-refractivity contribution in [1.29, 1.82) is 0 Å². The van der Waals surface area contributed by atoms with E-state index in [4.69, 9.17) is 4.74 Å². The summed E-state index contributed by atoms with van der Waals surface area (Å²) in [5, 5.41) is 15.8. The van der Waals surface area contributed by atoms with Crippen molar-refractivity contribution in [1.82, 2.24) is 19.8 Å². The number of amides is 1. The zero-order chi connectivity index (χ0) is 20.9. The number of hydrogen-bond donors (Lipinski definition) is 1. The van der Waals surface area contributed by atoms with Crippen molar-refractivity contribution in [3.8, 4) is 0 Å². The molecule has 0 saturated carbocycles. The number of anilines is 2. The molecule has 0 aliphatic carbocycles. The Bertz CT molecular complexity index is 1040. The molecule has 1 aromatic carbocycles. The lowest BCUT2D eigenvalue weighted by Gasteiger charge is -2.27. The highest BCUT2D eigenvalue weighted by atomic mass is 16.5. The lowest BCUT2D eigenvalue weighted by atomic mass is 10.2. The molecule has 0 atom stereocenters. The largest absolute Gasteiger partial charge is 0.465 e. The number of aromatic nitrogens is 4. The molecule has 1 N–H and O–H groups in total. The van der Waals surface area contributed by atoms with Crippen LogP contribution in [0.1, 0.15) is 22.6 Å². The topological polar surface area (TPSA) is 111 Å². The minimum atomic E-state index is -0.421. The third kappa shape index (κ3) is 4.38. The van der Waals surface area contributed by atoms with E-state index in [2.05, 4.69) is 30.2 Å². The number of rotatable bonds is 6. The SMILES string of the molecule is COC(=O)c1ccc(NC(=O)CCc2nnc3ccc(N4CCOCC4)nn23)cc1. The number of aryl methyl sites for hydroxylation is 1. The van der Waals surface area contributed by atoms with E-state index in [9.17, 15) is 9.59 Å². The third-order valence-corrected chi connectivity index (χ3v) is 4.81. The van der Waals surface area contributed by atoms with Crippen LogP contribution >= 0.6 is 0 Å². The van der Waals surface area contributed by atoms with E-state index in [0.717, 1.165) is 18.9 Å². The van der Waals surface area contributed by atoms with E-state index in [0.29, 0.717) is 42.4 Å². The normalized spacial score (nSPS) is 14.0. The van der Waals surface area contributed by atoms with Gasteiger partial charge in [-0.2, -0.15) is 4.52 Å². The lowest BCUT2D eigenvalue weighted by Crippen LogP contribution is -2.37. The first-order valence-electron chi connectivity index (χ1n) is 9.66. The van der Waals surface area contributed by atoms with Gasteiger partial charge in [0.05, 0.1) is 25.9 Å². The number of nitrogens with one attached hydrogen (secondary N) is 1. The van der Waals surface area contributed by atoms with Gasteiger partial charge in [-0.25, -0.2) is 4.79 Å². The maximum Gasteiger partial charge on any atom is 0.337 e. The molecule has 3 aromatic rings. The molecule has 1 fully saturated rings. The molecule has 1 aliphatic heterocycles. The summed E-state index contributed by atoms with van der Waals surface area (Å²) in [5.41, 5.74) is 1.67. The van der Waals surface area contributed by atoms with E-state index in [1.54, 1.807) is 28.8 Å². The number of nitrogens with zero attached hydrogens (tertiary/aromatic N) is 5. The molecule has 1 saturated heterocycles. The first-order chi connectivity index (χ1) is 14.6. The summed E-state index contributed by atoms with van der Waals surface area (Å²) >= 11 is 0. The summed E-state index contributed by atoms with van der Waals surface area (Å²) < 4.78 is 11.7. The number of carbonyl (C=O) groups is 2. The minimum Gasteiger partial charge on any atom is -0.465 e. The number of morpholine rings is 1. The average Bonchev–Trinajstić information content (AvgIpc) is 3.20. The molecule has 0 radical (unpaired) electrons. The van der Waals surface area contributed by atoms with Crippen LogP contribution in [0.3, 0.4) is 0 Å². The minimum absolute atomic E-state index is 0.165. The second kappa shape index (κ2) is 8.87. The molecule has 0 spiro atoms. The van der Waals surface area contributed by atoms with Gasteiger partial charge in [-0.05, 0) is 36.4 Å². The Morgan fingerprint density at radius 1 is 1.10 bits per heavy atom. The van der Waals surface area contributed by atoms with Gasteiger partial charge in [0.1, 0.15) is 5.82 Å². The van der Waals surface area contributed by atoms with Crippen molar-refractivity contribution in [3.05, 3.63) is 47.8 Å². The van der Waals surface area contributed by atoms with Crippen LogP contribution in [-0.2, 0) is 20.7 Å². The monoisotopic (exact) mass is 410 g/mol. The second-order valence-electron chi connectivity index (χ2n) is 6.79. The number of benzene rings is 1. The molecule has 1 aliphatic rings. The van der Waals surface area contributed by atoms with Gasteiger partial charge in [-0.1, -0.05) is 0 Å². The number of carbonyl (C=O) groups excluding carboxylic acids is 2. The van der Waals surface area contributed by atoms with Gasteiger partial charge < -0.3 is 19.7 Å². The van der Waals surface area contributed by atoms with Crippen molar-refractivity contribution < 1.29 is 19.1 Å². The molecule has 0 bridgehead atoms. The first kappa shape index (κ1) is 19.8. The van der Waals surface area contributed by atoms with Crippen LogP contribution in [0.4, 0.5) is 11.5 Å². The van der Waals surface area contributed by atoms with E-state index >= 15 is 0 Å². The Kier molecular flexibility index (Phi) is 5.84. The summed E-state index contributed by atoms with van der Waals surface area (Å²) in [6, 6.07) is 10.3. The van der Waals surface area contributed by atoms with Crippen molar-refractivity contribution >= 4 is 29.0 Å². The molecule has 0 unspecified atom stereocenters. The highest BCUT2D eigenvalue weighted by Gasteiger charge is 2.15. The van der Waals surface area contributed by atoms with Gasteiger partial charge in [0.25, 0.3) is 0 Å². The molecule has 10 nitrogen and oxygen atoms in total. The Labute approximate surface area is 172 Å². The second-order valence-corrected chi connectivity index (χ2v) is 6.79. The van der Waals surface area contributed by atoms with Crippen LogP contribution < -0.4 is 10.2 Å². The van der Waals surface area contributed by atoms with Crippen LogP contribution in [0.25, 0.3) is 5.65 Å². The van der Waals surface area contributed by atoms with Crippen LogP contribution in [0.2, 0.25) is 0 Å². The summed E-state index contributed by atoms with van der Waals surface area (Å²) in [6.07, 6.45) is 0.621. The lowest BCUT2D eigenvalue weighted by molar-refractivity contribution is -0.116. The standard InChI is InChI=1S/C20H22N6O4/c1-29-20(28)14-2-4-15(5-3-14)21-19(27)9-8-17-23-22-16-6-7-18(24-26(16)17)25-10-12-30-13-11-25/h2-7H,8-13H2,1H3,(H,21,27). The molecular weight excluding hydrogens is 388 g/mol. The first-order valence-corrected chi connectivity index (χ1v) is 9.66. The summed E-state index contributed by atoms with van der Waals surface area (Å²) in [4.78, 5) is 26.0. The maximum absolute atomic E-state index is 12.3. The van der Waals surface area contributed by atoms with Gasteiger partial charge in [-0.15, -0.1) is 15.3 Å². The molecule has 1 amide bonds. The fourth-order valence-electron chi connectivity index (χ4n) is 3.20. The van der Waals surface area contributed by atoms with E-state index < -0.39 is 5.97 Å². The van der Waals surface area contributed by atoms with Gasteiger partial charge >= 0.3 is 5.97 Å². The Balaban J connectivity index is 1.39. The zero-order valence-corrected chi connectivity index (χ0v) is 16.6. The third-order valence-electron chi connectivity index (χ3n) is 4.81. The summed E-state index contributed by atoms with van der Waals surface area (Å²) in [7, 11) is 1.32. The number of hydrogen-bond acceptors (Lipinski definition) is 8. The number of methoxy groups -OCH3 is 1. The molecule has 4 rings (SSSR count). The van der Waals surface area contributed by atoms with Gasteiger partial charge in [0, 0.05) is 31.6 Å². The Morgan fingerprint density at radius 2 is 1.87 bits per heavy atom. The average molecular weight is 410 g/mol. The Morgan fingerprint density at radius 3 is 2.60 bits per heavy atom. The van der Waals surface area contributed by atoms with Crippen LogP contribution in [0.5, 0.6) is 0 Å². The van der Waals surface area contributed by atoms with Crippen molar-refractivity contribution in [2.24, 2.45) is 0 Å². The molecule has 2 aromatic heterocycles. The predicted octanol–water partition coefficient (Wildman–Crippen LogP) is 1.32. The van der Waals surface area contributed by atoms with Crippen LogP contribution in [0, 0.1) is 0 Å². The zero-order valence-electron chi connectivity index (χ0n) is 16.6. The van der Waals surface area contributed by atoms with Crippen molar-refractivity contribution in [2.75, 3.05) is 43.6 Å². The fourth-order valence-corrected chi connectivity index (χ4v) is 3.20. The molecule has 30 heavy (non-hydrogen) atoms. The van der Waals surface area contributed by atoms with Gasteiger partial charge in [-0.3, -0.25) is 4.79 Å². The number of fused-ring (bicyclic) bond motifs is 1. The summed E-state index contributed by atoms with van der Waals surface area (Å²) in [6.45, 7) is 2.92. The molecule has 3 heterocycles. The quantitative estimate of drug-likeness (QED) is 0.606. The molecular formula is C20H22N6O4. The predicted molar refractivity (Wildman–Crippen MR) is 109 cm³/mol. The van der Waals surface area contributed by atoms with Crippen LogP contribution in [0.15, 0.2) is 36.4 Å². The van der Waals surface area contributed by atoms with E-state index in [1.165, 1.54) is 7.11 Å². The van der Waals surface area contributed by atoms with E-state index in [1.807, 2.05) is 12.1 Å². The number of esters is 1. The van der Waals surface area contributed by atoms with E-state index in [-0.39, 0.29) is 12.3 Å². The highest BCUT2D eigenvalue weighted by Crippen LogP contribution is 2.15. The highest BCUT2D eigenvalue weighted by molar-refractivity contribution is 5.93. The van der Waals surface area contributed by atoms with Gasteiger partial charge in [0.2, 0.25) is 5.91 Å². The van der Waals surface area contributed by atoms with Crippen molar-refractivity contribution in [3.63, 3.8) is 0 Å². The fraction of sp³-hybridized carbons (Fsp3) is 0.350. The molecule has 156 valence electrons. The summed E-state index contributed by atoms with van der Waals surface area (Å²) in [5.74, 6) is 0.871.